The number of rotatable bonds is 3. The highest BCUT2D eigenvalue weighted by molar-refractivity contribution is 6.30. The summed E-state index contributed by atoms with van der Waals surface area (Å²) in [7, 11) is 0. The Balaban J connectivity index is 1.66. The number of pyridine rings is 1. The molecule has 0 radical (unpaired) electrons. The maximum Gasteiger partial charge on any atom is 0.253 e. The molecule has 1 aliphatic heterocycles. The number of carbonyl (C=O) groups excluding carboxylic acids is 1. The molecule has 0 aliphatic carbocycles. The number of nitrogens with one attached hydrogen (secondary N) is 1. The molecular formula is C20H25ClN4O. The molecule has 6 heteroatoms. The SMILES string of the molecule is CC(C)(C)NC(=O)c1cncc(N2CCN(c3cccc(Cl)c3)CC2)c1. The molecule has 138 valence electrons. The first-order valence-corrected chi connectivity index (χ1v) is 9.23. The largest absolute Gasteiger partial charge is 0.368 e. The van der Waals surface area contributed by atoms with Crippen LogP contribution in [0.25, 0.3) is 0 Å². The molecule has 1 saturated heterocycles. The molecule has 0 atom stereocenters. The molecule has 0 saturated carbocycles. The molecule has 0 unspecified atom stereocenters. The number of piperazine rings is 1. The van der Waals surface area contributed by atoms with Gasteiger partial charge in [0.05, 0.1) is 17.4 Å². The van der Waals surface area contributed by atoms with E-state index in [0.717, 1.165) is 42.6 Å². The van der Waals surface area contributed by atoms with Gasteiger partial charge >= 0.3 is 0 Å². The third-order valence-electron chi connectivity index (χ3n) is 4.29. The summed E-state index contributed by atoms with van der Waals surface area (Å²) < 4.78 is 0. The van der Waals surface area contributed by atoms with Crippen LogP contribution in [0.5, 0.6) is 0 Å². The van der Waals surface area contributed by atoms with Crippen molar-refractivity contribution in [1.29, 1.82) is 0 Å². The summed E-state index contributed by atoms with van der Waals surface area (Å²) in [5.41, 5.74) is 2.45. The van der Waals surface area contributed by atoms with Gasteiger partial charge in [-0.3, -0.25) is 9.78 Å². The first kappa shape index (κ1) is 18.5. The van der Waals surface area contributed by atoms with Crippen molar-refractivity contribution in [1.82, 2.24) is 10.3 Å². The average Bonchev–Trinajstić information content (AvgIpc) is 2.60. The molecule has 1 aliphatic rings. The summed E-state index contributed by atoms with van der Waals surface area (Å²) in [5.74, 6) is -0.0931. The Morgan fingerprint density at radius 3 is 2.31 bits per heavy atom. The van der Waals surface area contributed by atoms with Gasteiger partial charge in [0.1, 0.15) is 0 Å². The van der Waals surface area contributed by atoms with E-state index in [1.807, 2.05) is 51.2 Å². The van der Waals surface area contributed by atoms with Crippen molar-refractivity contribution in [3.63, 3.8) is 0 Å². The number of halogens is 1. The molecule has 2 heterocycles. The van der Waals surface area contributed by atoms with Crippen LogP contribution in [0.2, 0.25) is 5.02 Å². The van der Waals surface area contributed by atoms with E-state index in [1.165, 1.54) is 0 Å². The van der Waals surface area contributed by atoms with E-state index in [1.54, 1.807) is 6.20 Å². The number of hydrogen-bond donors (Lipinski definition) is 1. The average molecular weight is 373 g/mol. The van der Waals surface area contributed by atoms with Crippen molar-refractivity contribution >= 4 is 28.9 Å². The molecule has 1 N–H and O–H groups in total. The fraction of sp³-hybridized carbons (Fsp3) is 0.400. The van der Waals surface area contributed by atoms with E-state index >= 15 is 0 Å². The monoisotopic (exact) mass is 372 g/mol. The van der Waals surface area contributed by atoms with Gasteiger partial charge < -0.3 is 15.1 Å². The Morgan fingerprint density at radius 2 is 1.69 bits per heavy atom. The predicted octanol–water partition coefficient (Wildman–Crippen LogP) is 3.59. The number of carbonyl (C=O) groups is 1. The number of anilines is 2. The number of hydrogen-bond acceptors (Lipinski definition) is 4. The second-order valence-corrected chi connectivity index (χ2v) is 8.03. The zero-order valence-corrected chi connectivity index (χ0v) is 16.3. The van der Waals surface area contributed by atoms with Gasteiger partial charge in [-0.2, -0.15) is 0 Å². The highest BCUT2D eigenvalue weighted by Crippen LogP contribution is 2.23. The lowest BCUT2D eigenvalue weighted by Gasteiger charge is -2.37. The van der Waals surface area contributed by atoms with Crippen LogP contribution in [-0.4, -0.2) is 42.6 Å². The van der Waals surface area contributed by atoms with E-state index in [2.05, 4.69) is 26.2 Å². The van der Waals surface area contributed by atoms with E-state index in [-0.39, 0.29) is 11.4 Å². The van der Waals surface area contributed by atoms with Crippen LogP contribution < -0.4 is 15.1 Å². The zero-order chi connectivity index (χ0) is 18.7. The number of nitrogens with zero attached hydrogens (tertiary/aromatic N) is 3. The van der Waals surface area contributed by atoms with Crippen LogP contribution in [-0.2, 0) is 0 Å². The Bertz CT molecular complexity index is 779. The van der Waals surface area contributed by atoms with Gasteiger partial charge in [0.2, 0.25) is 0 Å². The second-order valence-electron chi connectivity index (χ2n) is 7.59. The van der Waals surface area contributed by atoms with Gasteiger partial charge in [-0.05, 0) is 45.0 Å². The summed E-state index contributed by atoms with van der Waals surface area (Å²) in [6, 6.07) is 9.87. The Labute approximate surface area is 160 Å². The topological polar surface area (TPSA) is 48.5 Å². The highest BCUT2D eigenvalue weighted by Gasteiger charge is 2.20. The fourth-order valence-corrected chi connectivity index (χ4v) is 3.22. The van der Waals surface area contributed by atoms with Crippen LogP contribution >= 0.6 is 11.6 Å². The molecule has 1 aromatic heterocycles. The first-order valence-electron chi connectivity index (χ1n) is 8.85. The number of aromatic nitrogens is 1. The number of benzene rings is 1. The van der Waals surface area contributed by atoms with Crippen LogP contribution in [0.1, 0.15) is 31.1 Å². The lowest BCUT2D eigenvalue weighted by Crippen LogP contribution is -2.46. The minimum absolute atomic E-state index is 0.0931. The summed E-state index contributed by atoms with van der Waals surface area (Å²) in [6.07, 6.45) is 3.44. The van der Waals surface area contributed by atoms with Gasteiger partial charge in [-0.25, -0.2) is 0 Å². The molecule has 2 aromatic rings. The van der Waals surface area contributed by atoms with Gasteiger partial charge in [-0.1, -0.05) is 17.7 Å². The van der Waals surface area contributed by atoms with Crippen LogP contribution in [0.15, 0.2) is 42.7 Å². The van der Waals surface area contributed by atoms with Crippen molar-refractivity contribution in [2.45, 2.75) is 26.3 Å². The Hall–Kier alpha value is -2.27. The van der Waals surface area contributed by atoms with Crippen molar-refractivity contribution in [3.8, 4) is 0 Å². The van der Waals surface area contributed by atoms with E-state index in [4.69, 9.17) is 11.6 Å². The fourth-order valence-electron chi connectivity index (χ4n) is 3.03. The van der Waals surface area contributed by atoms with Gasteiger partial charge in [0.25, 0.3) is 5.91 Å². The van der Waals surface area contributed by atoms with Gasteiger partial charge in [0.15, 0.2) is 0 Å². The summed E-state index contributed by atoms with van der Waals surface area (Å²) in [4.78, 5) is 21.2. The lowest BCUT2D eigenvalue weighted by molar-refractivity contribution is 0.0919. The molecule has 26 heavy (non-hydrogen) atoms. The zero-order valence-electron chi connectivity index (χ0n) is 15.5. The summed E-state index contributed by atoms with van der Waals surface area (Å²) >= 11 is 6.10. The lowest BCUT2D eigenvalue weighted by atomic mass is 10.1. The standard InChI is InChI=1S/C20H25ClN4O/c1-20(2,3)23-19(26)15-11-18(14-22-13-15)25-9-7-24(8-10-25)17-6-4-5-16(21)12-17/h4-6,11-14H,7-10H2,1-3H3,(H,23,26). The maximum atomic E-state index is 12.4. The normalized spacial score (nSPS) is 15.1. The predicted molar refractivity (Wildman–Crippen MR) is 107 cm³/mol. The second kappa shape index (κ2) is 7.54. The van der Waals surface area contributed by atoms with Crippen molar-refractivity contribution in [3.05, 3.63) is 53.3 Å². The molecular weight excluding hydrogens is 348 g/mol. The van der Waals surface area contributed by atoms with Crippen molar-refractivity contribution in [2.75, 3.05) is 36.0 Å². The molecule has 1 fully saturated rings. The third-order valence-corrected chi connectivity index (χ3v) is 4.53. The van der Waals surface area contributed by atoms with E-state index in [9.17, 15) is 4.79 Å². The molecule has 0 bridgehead atoms. The molecule has 3 rings (SSSR count). The smallest absolute Gasteiger partial charge is 0.253 e. The van der Waals surface area contributed by atoms with Crippen molar-refractivity contribution in [2.24, 2.45) is 0 Å². The van der Waals surface area contributed by atoms with E-state index in [0.29, 0.717) is 5.56 Å². The van der Waals surface area contributed by atoms with Crippen LogP contribution in [0, 0.1) is 0 Å². The molecule has 1 amide bonds. The summed E-state index contributed by atoms with van der Waals surface area (Å²) in [5, 5.41) is 3.74. The Morgan fingerprint density at radius 1 is 1.04 bits per heavy atom. The molecule has 0 spiro atoms. The first-order chi connectivity index (χ1) is 12.3. The maximum absolute atomic E-state index is 12.4. The van der Waals surface area contributed by atoms with Crippen molar-refractivity contribution < 1.29 is 4.79 Å². The third kappa shape index (κ3) is 4.67. The van der Waals surface area contributed by atoms with Crippen LogP contribution in [0.4, 0.5) is 11.4 Å². The molecule has 5 nitrogen and oxygen atoms in total. The number of amides is 1. The minimum Gasteiger partial charge on any atom is -0.368 e. The van der Waals surface area contributed by atoms with Gasteiger partial charge in [0, 0.05) is 48.6 Å². The van der Waals surface area contributed by atoms with E-state index < -0.39 is 0 Å². The Kier molecular flexibility index (Phi) is 5.37. The van der Waals surface area contributed by atoms with Gasteiger partial charge in [-0.15, -0.1) is 0 Å². The minimum atomic E-state index is -0.268. The molecule has 1 aromatic carbocycles. The van der Waals surface area contributed by atoms with Crippen LogP contribution in [0.3, 0.4) is 0 Å². The highest BCUT2D eigenvalue weighted by atomic mass is 35.5. The summed E-state index contributed by atoms with van der Waals surface area (Å²) in [6.45, 7) is 9.46. The quantitative estimate of drug-likeness (QED) is 0.894.